The highest BCUT2D eigenvalue weighted by Gasteiger charge is 2.41. The number of alkyl halides is 6. The number of anilines is 2. The molecule has 0 aliphatic carbocycles. The van der Waals surface area contributed by atoms with Crippen LogP contribution >= 0.6 is 0 Å². The lowest BCUT2D eigenvalue weighted by molar-refractivity contribution is -0.274. The average molecular weight is 571 g/mol. The highest BCUT2D eigenvalue weighted by atomic mass is 32.2. The molecule has 2 rings (SSSR count). The summed E-state index contributed by atoms with van der Waals surface area (Å²) in [4.78, 5) is 23.4. The summed E-state index contributed by atoms with van der Waals surface area (Å²) >= 11 is 0. The van der Waals surface area contributed by atoms with Gasteiger partial charge in [0.2, 0.25) is 5.91 Å². The van der Waals surface area contributed by atoms with E-state index in [4.69, 9.17) is 4.74 Å². The minimum absolute atomic E-state index is 0.0366. The number of halogens is 6. The molecule has 3 N–H and O–H groups in total. The fourth-order valence-electron chi connectivity index (χ4n) is 3.02. The van der Waals surface area contributed by atoms with E-state index in [0.29, 0.717) is 0 Å². The van der Waals surface area contributed by atoms with Gasteiger partial charge in [-0.3, -0.25) is 14.3 Å². The van der Waals surface area contributed by atoms with Gasteiger partial charge in [-0.05, 0) is 37.1 Å². The quantitative estimate of drug-likeness (QED) is 0.363. The van der Waals surface area contributed by atoms with Crippen molar-refractivity contribution in [2.24, 2.45) is 5.92 Å². The van der Waals surface area contributed by atoms with Crippen molar-refractivity contribution in [2.45, 2.75) is 44.2 Å². The first kappa shape index (κ1) is 30.5. The molecule has 0 heterocycles. The summed E-state index contributed by atoms with van der Waals surface area (Å²) in [5, 5.41) is 3.90. The molecule has 0 aliphatic heterocycles. The molecule has 0 aliphatic rings. The zero-order chi connectivity index (χ0) is 28.9. The van der Waals surface area contributed by atoms with Gasteiger partial charge >= 0.3 is 18.4 Å². The number of sulfonamides is 1. The maximum atomic E-state index is 12.9. The van der Waals surface area contributed by atoms with Crippen molar-refractivity contribution in [3.8, 4) is 11.5 Å². The van der Waals surface area contributed by atoms with Gasteiger partial charge in [0.15, 0.2) is 0 Å². The summed E-state index contributed by atoms with van der Waals surface area (Å²) in [5.74, 6) is -5.00. The van der Waals surface area contributed by atoms with E-state index in [2.05, 4.69) is 14.8 Å². The molecule has 0 aromatic heterocycles. The third-order valence-corrected chi connectivity index (χ3v) is 6.03. The van der Waals surface area contributed by atoms with Crippen molar-refractivity contribution in [3.05, 3.63) is 42.5 Å². The van der Waals surface area contributed by atoms with Gasteiger partial charge in [0.1, 0.15) is 22.4 Å². The van der Waals surface area contributed by atoms with Gasteiger partial charge in [-0.2, -0.15) is 13.2 Å². The minimum atomic E-state index is -5.21. The Morgan fingerprint density at radius 2 is 1.63 bits per heavy atom. The molecule has 0 radical (unpaired) electrons. The van der Waals surface area contributed by atoms with Crippen molar-refractivity contribution in [2.75, 3.05) is 16.6 Å². The van der Waals surface area contributed by atoms with E-state index in [1.54, 1.807) is 5.32 Å². The number of ether oxygens (including phenoxy) is 2. The third kappa shape index (κ3) is 8.71. The van der Waals surface area contributed by atoms with Crippen LogP contribution in [0.5, 0.6) is 11.5 Å². The molecule has 2 aromatic rings. The predicted octanol–water partition coefficient (Wildman–Crippen LogP) is 4.43. The van der Waals surface area contributed by atoms with Gasteiger partial charge in [0.05, 0.1) is 12.3 Å². The minimum Gasteiger partial charge on any atom is -0.492 e. The number of hydrogen-bond donors (Lipinski definition) is 3. The van der Waals surface area contributed by atoms with E-state index in [-0.39, 0.29) is 23.7 Å². The third-order valence-electron chi connectivity index (χ3n) is 4.61. The van der Waals surface area contributed by atoms with Crippen LogP contribution in [0.3, 0.4) is 0 Å². The van der Waals surface area contributed by atoms with E-state index >= 15 is 0 Å². The molecule has 16 heteroatoms. The molecule has 1 atom stereocenters. The molecule has 2 amide bonds. The number of hydrogen-bond acceptors (Lipinski definition) is 6. The monoisotopic (exact) mass is 571 g/mol. The lowest BCUT2D eigenvalue weighted by Gasteiger charge is -2.22. The molecule has 0 unspecified atom stereocenters. The maximum absolute atomic E-state index is 12.9. The van der Waals surface area contributed by atoms with Gasteiger partial charge in [-0.1, -0.05) is 19.9 Å². The Bertz CT molecular complexity index is 1260. The normalized spacial score (nSPS) is 13.0. The number of rotatable bonds is 10. The van der Waals surface area contributed by atoms with Crippen molar-refractivity contribution in [1.29, 1.82) is 0 Å². The fourth-order valence-corrected chi connectivity index (χ4v) is 4.20. The number of carbonyl (C=O) groups excluding carboxylic acids is 2. The van der Waals surface area contributed by atoms with Crippen LogP contribution in [0.1, 0.15) is 20.8 Å². The summed E-state index contributed by atoms with van der Waals surface area (Å²) in [5.41, 5.74) is -0.323. The van der Waals surface area contributed by atoms with E-state index in [1.165, 1.54) is 26.8 Å². The van der Waals surface area contributed by atoms with Crippen LogP contribution in [-0.2, 0) is 19.6 Å². The zero-order valence-electron chi connectivity index (χ0n) is 20.0. The molecule has 0 spiro atoms. The lowest BCUT2D eigenvalue weighted by Crippen LogP contribution is -2.51. The Balaban J connectivity index is 2.30. The molecule has 9 nitrogen and oxygen atoms in total. The van der Waals surface area contributed by atoms with Crippen molar-refractivity contribution in [1.82, 2.24) is 5.32 Å². The Hall–Kier alpha value is -3.69. The smallest absolute Gasteiger partial charge is 0.492 e. The van der Waals surface area contributed by atoms with Gasteiger partial charge < -0.3 is 20.1 Å². The average Bonchev–Trinajstić information content (AvgIpc) is 2.75. The van der Waals surface area contributed by atoms with Gasteiger partial charge in [0, 0.05) is 17.8 Å². The van der Waals surface area contributed by atoms with Crippen LogP contribution < -0.4 is 24.8 Å². The molecular formula is C22H23F6N3O6S. The number of nitrogens with one attached hydrogen (secondary N) is 3. The standard InChI is InChI=1S/C22H23F6N3O6S/c1-4-36-16-11-13(29-19(32)18(12(2)3)30-20(33)21(23,24)25)8-9-17(16)38(34,35)31-14-6-5-7-15(10-14)37-22(26,27)28/h5-12,18,31H,4H2,1-3H3,(H,29,32)(H,30,33)/t18-/m0/s1. The summed E-state index contributed by atoms with van der Waals surface area (Å²) < 4.78 is 112. The summed E-state index contributed by atoms with van der Waals surface area (Å²) in [6.45, 7) is 4.30. The Kier molecular flexibility index (Phi) is 9.47. The first-order valence-electron chi connectivity index (χ1n) is 10.8. The molecule has 0 fully saturated rings. The van der Waals surface area contributed by atoms with Crippen molar-refractivity contribution in [3.63, 3.8) is 0 Å². The summed E-state index contributed by atoms with van der Waals surface area (Å²) in [7, 11) is -4.44. The second-order valence-corrected chi connectivity index (χ2v) is 9.61. The number of benzene rings is 2. The number of amides is 2. The van der Waals surface area contributed by atoms with Crippen molar-refractivity contribution < 1.29 is 53.8 Å². The van der Waals surface area contributed by atoms with Crippen LogP contribution in [0.15, 0.2) is 47.4 Å². The fraction of sp³-hybridized carbons (Fsp3) is 0.364. The van der Waals surface area contributed by atoms with Gasteiger partial charge in [-0.15, -0.1) is 13.2 Å². The summed E-state index contributed by atoms with van der Waals surface area (Å²) in [6.07, 6.45) is -10.2. The largest absolute Gasteiger partial charge is 0.573 e. The molecule has 0 bridgehead atoms. The van der Waals surface area contributed by atoms with Crippen LogP contribution in [0, 0.1) is 5.92 Å². The van der Waals surface area contributed by atoms with Gasteiger partial charge in [0.25, 0.3) is 10.0 Å². The second kappa shape index (κ2) is 11.8. The highest BCUT2D eigenvalue weighted by Crippen LogP contribution is 2.31. The molecule has 0 saturated carbocycles. The Labute approximate surface area is 213 Å². The van der Waals surface area contributed by atoms with E-state index in [9.17, 15) is 44.3 Å². The number of carbonyl (C=O) groups is 2. The van der Waals surface area contributed by atoms with E-state index < -0.39 is 57.0 Å². The van der Waals surface area contributed by atoms with Crippen LogP contribution in [-0.4, -0.2) is 45.4 Å². The lowest BCUT2D eigenvalue weighted by atomic mass is 10.0. The highest BCUT2D eigenvalue weighted by molar-refractivity contribution is 7.92. The Morgan fingerprint density at radius 3 is 2.18 bits per heavy atom. The molecular weight excluding hydrogens is 548 g/mol. The molecule has 210 valence electrons. The maximum Gasteiger partial charge on any atom is 0.573 e. The molecule has 0 saturated heterocycles. The Morgan fingerprint density at radius 1 is 0.974 bits per heavy atom. The summed E-state index contributed by atoms with van der Waals surface area (Å²) in [6, 6.07) is 5.72. The van der Waals surface area contributed by atoms with Gasteiger partial charge in [-0.25, -0.2) is 8.42 Å². The molecule has 38 heavy (non-hydrogen) atoms. The topological polar surface area (TPSA) is 123 Å². The SMILES string of the molecule is CCOc1cc(NC(=O)[C@@H](NC(=O)C(F)(F)F)C(C)C)ccc1S(=O)(=O)Nc1cccc(OC(F)(F)F)c1. The predicted molar refractivity (Wildman–Crippen MR) is 123 cm³/mol. The first-order valence-corrected chi connectivity index (χ1v) is 12.2. The second-order valence-electron chi connectivity index (χ2n) is 7.96. The van der Waals surface area contributed by atoms with E-state index in [0.717, 1.165) is 36.4 Å². The zero-order valence-corrected chi connectivity index (χ0v) is 20.8. The molecule has 2 aromatic carbocycles. The van der Waals surface area contributed by atoms with Crippen LogP contribution in [0.4, 0.5) is 37.7 Å². The van der Waals surface area contributed by atoms with E-state index in [1.807, 2.05) is 0 Å². The first-order chi connectivity index (χ1) is 17.4. The van der Waals surface area contributed by atoms with Crippen molar-refractivity contribution >= 4 is 33.2 Å². The van der Waals surface area contributed by atoms with Crippen LogP contribution in [0.25, 0.3) is 0 Å². The van der Waals surface area contributed by atoms with Crippen LogP contribution in [0.2, 0.25) is 0 Å².